The Morgan fingerprint density at radius 1 is 1.47 bits per heavy atom. The first-order valence-electron chi connectivity index (χ1n) is 6.17. The molecule has 1 heterocycles. The molecule has 0 amide bonds. The van der Waals surface area contributed by atoms with E-state index < -0.39 is 0 Å². The molecule has 0 radical (unpaired) electrons. The monoisotopic (exact) mass is 230 g/mol. The predicted octanol–water partition coefficient (Wildman–Crippen LogP) is 2.01. The molecule has 0 fully saturated rings. The summed E-state index contributed by atoms with van der Waals surface area (Å²) in [5.74, 6) is 1.04. The van der Waals surface area contributed by atoms with Gasteiger partial charge in [0, 0.05) is 13.0 Å². The van der Waals surface area contributed by atoms with Gasteiger partial charge in [0.05, 0.1) is 19.2 Å². The van der Waals surface area contributed by atoms with Crippen molar-refractivity contribution in [2.24, 2.45) is 0 Å². The lowest BCUT2D eigenvalue weighted by atomic mass is 10.1. The van der Waals surface area contributed by atoms with Crippen LogP contribution in [0, 0.1) is 11.3 Å². The molecule has 1 aliphatic rings. The van der Waals surface area contributed by atoms with Crippen molar-refractivity contribution in [1.29, 1.82) is 5.26 Å². The highest BCUT2D eigenvalue weighted by atomic mass is 16.5. The second-order valence-corrected chi connectivity index (χ2v) is 4.32. The summed E-state index contributed by atoms with van der Waals surface area (Å²) in [6, 6.07) is 8.64. The number of ether oxygens (including phenoxy) is 1. The molecular formula is C14H18N2O. The van der Waals surface area contributed by atoms with Crippen LogP contribution in [0.5, 0.6) is 5.75 Å². The number of likely N-dealkylation sites (N-methyl/N-ethyl adjacent to an activating group) is 1. The lowest BCUT2D eigenvalue weighted by Gasteiger charge is -2.16. The van der Waals surface area contributed by atoms with E-state index >= 15 is 0 Å². The molecule has 0 atom stereocenters. The van der Waals surface area contributed by atoms with Crippen LogP contribution >= 0.6 is 0 Å². The summed E-state index contributed by atoms with van der Waals surface area (Å²) in [4.78, 5) is 2.16. The van der Waals surface area contributed by atoms with Crippen molar-refractivity contribution in [3.05, 3.63) is 29.3 Å². The molecule has 1 aromatic rings. The first kappa shape index (κ1) is 11.9. The third-order valence-electron chi connectivity index (χ3n) is 3.21. The number of hydrogen-bond donors (Lipinski definition) is 0. The Balaban J connectivity index is 1.93. The van der Waals surface area contributed by atoms with Crippen LogP contribution in [-0.4, -0.2) is 31.1 Å². The van der Waals surface area contributed by atoms with E-state index in [1.807, 2.05) is 0 Å². The Hall–Kier alpha value is -1.53. The van der Waals surface area contributed by atoms with Gasteiger partial charge in [-0.3, -0.25) is 4.90 Å². The Morgan fingerprint density at radius 2 is 2.35 bits per heavy atom. The van der Waals surface area contributed by atoms with Crippen molar-refractivity contribution < 1.29 is 4.74 Å². The lowest BCUT2D eigenvalue weighted by Crippen LogP contribution is -2.26. The van der Waals surface area contributed by atoms with Gasteiger partial charge in [-0.25, -0.2) is 0 Å². The van der Waals surface area contributed by atoms with Crippen molar-refractivity contribution in [3.8, 4) is 11.8 Å². The van der Waals surface area contributed by atoms with Crippen LogP contribution in [0.3, 0.4) is 0 Å². The number of benzene rings is 1. The van der Waals surface area contributed by atoms with E-state index in [0.29, 0.717) is 6.54 Å². The van der Waals surface area contributed by atoms with Crippen molar-refractivity contribution in [1.82, 2.24) is 4.90 Å². The Bertz CT molecular complexity index is 423. The second-order valence-electron chi connectivity index (χ2n) is 4.32. The van der Waals surface area contributed by atoms with E-state index in [4.69, 9.17) is 10.00 Å². The molecule has 0 spiro atoms. The minimum Gasteiger partial charge on any atom is -0.493 e. The fraction of sp³-hybridized carbons (Fsp3) is 0.500. The van der Waals surface area contributed by atoms with Crippen LogP contribution in [0.2, 0.25) is 0 Å². The van der Waals surface area contributed by atoms with Crippen LogP contribution in [-0.2, 0) is 12.8 Å². The largest absolute Gasteiger partial charge is 0.493 e. The zero-order valence-electron chi connectivity index (χ0n) is 10.3. The summed E-state index contributed by atoms with van der Waals surface area (Å²) >= 11 is 0. The Kier molecular flexibility index (Phi) is 4.00. The van der Waals surface area contributed by atoms with E-state index in [1.165, 1.54) is 11.1 Å². The molecule has 0 aliphatic carbocycles. The second kappa shape index (κ2) is 5.70. The number of nitrogens with zero attached hydrogens (tertiary/aromatic N) is 2. The van der Waals surface area contributed by atoms with E-state index in [2.05, 4.69) is 36.1 Å². The molecule has 90 valence electrons. The standard InChI is InChI=1S/C14H18N2O/c1-2-16(9-7-15)8-5-12-3-4-14-13(11-12)6-10-17-14/h3-4,11H,2,5-6,8-10H2,1H3. The average Bonchev–Trinajstić information content (AvgIpc) is 2.81. The Labute approximate surface area is 103 Å². The zero-order valence-corrected chi connectivity index (χ0v) is 10.3. The normalized spacial score (nSPS) is 13.2. The topological polar surface area (TPSA) is 36.3 Å². The molecule has 3 heteroatoms. The molecular weight excluding hydrogens is 212 g/mol. The van der Waals surface area contributed by atoms with Crippen LogP contribution in [0.1, 0.15) is 18.1 Å². The first-order valence-corrected chi connectivity index (χ1v) is 6.17. The van der Waals surface area contributed by atoms with Crippen LogP contribution in [0.4, 0.5) is 0 Å². The number of fused-ring (bicyclic) bond motifs is 1. The summed E-state index contributed by atoms with van der Waals surface area (Å²) < 4.78 is 5.49. The molecule has 17 heavy (non-hydrogen) atoms. The third kappa shape index (κ3) is 2.98. The molecule has 0 aromatic heterocycles. The fourth-order valence-electron chi connectivity index (χ4n) is 2.13. The highest BCUT2D eigenvalue weighted by Gasteiger charge is 2.12. The molecule has 1 aromatic carbocycles. The molecule has 3 nitrogen and oxygen atoms in total. The van der Waals surface area contributed by atoms with Crippen LogP contribution < -0.4 is 4.74 Å². The van der Waals surface area contributed by atoms with Gasteiger partial charge >= 0.3 is 0 Å². The minimum absolute atomic E-state index is 0.518. The molecule has 1 aliphatic heterocycles. The van der Waals surface area contributed by atoms with Gasteiger partial charge < -0.3 is 4.74 Å². The van der Waals surface area contributed by atoms with Gasteiger partial charge in [-0.1, -0.05) is 19.1 Å². The van der Waals surface area contributed by atoms with E-state index in [0.717, 1.165) is 38.3 Å². The van der Waals surface area contributed by atoms with E-state index in [1.54, 1.807) is 0 Å². The highest BCUT2D eigenvalue weighted by molar-refractivity contribution is 5.39. The van der Waals surface area contributed by atoms with Gasteiger partial charge in [-0.05, 0) is 30.2 Å². The lowest BCUT2D eigenvalue weighted by molar-refractivity contribution is 0.327. The quantitative estimate of drug-likeness (QED) is 0.726. The third-order valence-corrected chi connectivity index (χ3v) is 3.21. The van der Waals surface area contributed by atoms with Crippen molar-refractivity contribution >= 4 is 0 Å². The molecule has 2 rings (SSSR count). The van der Waals surface area contributed by atoms with Crippen LogP contribution in [0.15, 0.2) is 18.2 Å². The van der Waals surface area contributed by atoms with Gasteiger partial charge in [-0.2, -0.15) is 5.26 Å². The fourth-order valence-corrected chi connectivity index (χ4v) is 2.13. The number of hydrogen-bond acceptors (Lipinski definition) is 3. The smallest absolute Gasteiger partial charge is 0.122 e. The SMILES string of the molecule is CCN(CC#N)CCc1ccc2c(c1)CCO2. The molecule has 0 bridgehead atoms. The van der Waals surface area contributed by atoms with Gasteiger partial charge in [0.25, 0.3) is 0 Å². The van der Waals surface area contributed by atoms with Crippen molar-refractivity contribution in [2.75, 3.05) is 26.2 Å². The summed E-state index contributed by atoms with van der Waals surface area (Å²) in [6.07, 6.45) is 2.03. The van der Waals surface area contributed by atoms with Gasteiger partial charge in [0.1, 0.15) is 5.75 Å². The maximum Gasteiger partial charge on any atom is 0.122 e. The van der Waals surface area contributed by atoms with Gasteiger partial charge in [0.15, 0.2) is 0 Å². The summed E-state index contributed by atoms with van der Waals surface area (Å²) in [6.45, 7) is 5.30. The Morgan fingerprint density at radius 3 is 3.12 bits per heavy atom. The zero-order chi connectivity index (χ0) is 12.1. The van der Waals surface area contributed by atoms with Crippen molar-refractivity contribution in [3.63, 3.8) is 0 Å². The van der Waals surface area contributed by atoms with Gasteiger partial charge in [-0.15, -0.1) is 0 Å². The average molecular weight is 230 g/mol. The summed E-state index contributed by atoms with van der Waals surface area (Å²) in [5, 5.41) is 8.68. The van der Waals surface area contributed by atoms with E-state index in [9.17, 15) is 0 Å². The van der Waals surface area contributed by atoms with Crippen molar-refractivity contribution in [2.45, 2.75) is 19.8 Å². The molecule has 0 N–H and O–H groups in total. The first-order chi connectivity index (χ1) is 8.33. The predicted molar refractivity (Wildman–Crippen MR) is 67.1 cm³/mol. The molecule has 0 saturated heterocycles. The highest BCUT2D eigenvalue weighted by Crippen LogP contribution is 2.25. The number of rotatable bonds is 5. The molecule has 0 unspecified atom stereocenters. The summed E-state index contributed by atoms with van der Waals surface area (Å²) in [7, 11) is 0. The van der Waals surface area contributed by atoms with Gasteiger partial charge in [0.2, 0.25) is 0 Å². The minimum atomic E-state index is 0.518. The maximum atomic E-state index is 8.68. The van der Waals surface area contributed by atoms with E-state index in [-0.39, 0.29) is 0 Å². The van der Waals surface area contributed by atoms with Crippen LogP contribution in [0.25, 0.3) is 0 Å². The molecule has 0 saturated carbocycles. The maximum absolute atomic E-state index is 8.68. The summed E-state index contributed by atoms with van der Waals surface area (Å²) in [5.41, 5.74) is 2.66. The number of nitriles is 1.